The lowest BCUT2D eigenvalue weighted by Gasteiger charge is -2.05. The summed E-state index contributed by atoms with van der Waals surface area (Å²) in [4.78, 5) is 14.1. The first-order valence-corrected chi connectivity index (χ1v) is 6.07. The molecule has 0 saturated carbocycles. The maximum atomic E-state index is 11.1. The Morgan fingerprint density at radius 2 is 1.95 bits per heavy atom. The normalized spacial score (nSPS) is 10.8. The maximum Gasteiger partial charge on any atom is 0.337 e. The number of aryl methyl sites for hydroxylation is 1. The molecule has 1 aromatic heterocycles. The number of aromatic nitrogens is 1. The van der Waals surface area contributed by atoms with Crippen molar-refractivity contribution in [1.82, 2.24) is 4.98 Å². The van der Waals surface area contributed by atoms with Crippen LogP contribution in [0, 0.1) is 6.92 Å². The second-order valence-electron chi connectivity index (χ2n) is 4.58. The molecule has 0 bridgehead atoms. The summed E-state index contributed by atoms with van der Waals surface area (Å²) in [5.74, 6) is -0.908. The second-order valence-corrected chi connectivity index (χ2v) is 4.58. The molecule has 0 fully saturated rings. The third-order valence-corrected chi connectivity index (χ3v) is 3.37. The van der Waals surface area contributed by atoms with E-state index in [1.165, 1.54) is 11.8 Å². The molecule has 2 N–H and O–H groups in total. The number of carboxylic acid groups (broad SMARTS) is 1. The van der Waals surface area contributed by atoms with Crippen LogP contribution in [0.2, 0.25) is 0 Å². The van der Waals surface area contributed by atoms with Gasteiger partial charge in [0, 0.05) is 17.1 Å². The summed E-state index contributed by atoms with van der Waals surface area (Å²) in [7, 11) is 0. The number of nitrogens with one attached hydrogen (secondary N) is 1. The predicted octanol–water partition coefficient (Wildman–Crippen LogP) is 3.84. The summed E-state index contributed by atoms with van der Waals surface area (Å²) in [6, 6.07) is 14.0. The highest BCUT2D eigenvalue weighted by atomic mass is 16.4. The van der Waals surface area contributed by atoms with Gasteiger partial charge in [0.25, 0.3) is 0 Å². The Morgan fingerprint density at radius 3 is 2.68 bits per heavy atom. The molecule has 0 spiro atoms. The Hall–Kier alpha value is -2.55. The number of carbonyl (C=O) groups is 1. The molecule has 94 valence electrons. The highest BCUT2D eigenvalue weighted by Crippen LogP contribution is 2.27. The van der Waals surface area contributed by atoms with E-state index in [0.29, 0.717) is 5.56 Å². The minimum Gasteiger partial charge on any atom is -0.478 e. The Bertz CT molecular complexity index is 771. The minimum atomic E-state index is -0.908. The third kappa shape index (κ3) is 1.89. The highest BCUT2D eigenvalue weighted by molar-refractivity contribution is 6.04. The molecule has 0 amide bonds. The molecule has 0 unspecified atom stereocenters. The van der Waals surface area contributed by atoms with Crippen molar-refractivity contribution >= 4 is 16.9 Å². The summed E-state index contributed by atoms with van der Waals surface area (Å²) in [6.45, 7) is 2.07. The number of benzene rings is 2. The van der Waals surface area contributed by atoms with Crippen LogP contribution >= 0.6 is 0 Å². The van der Waals surface area contributed by atoms with Crippen molar-refractivity contribution in [2.24, 2.45) is 0 Å². The summed E-state index contributed by atoms with van der Waals surface area (Å²) in [5, 5.41) is 9.82. The number of hydrogen-bond acceptors (Lipinski definition) is 1. The molecule has 3 heteroatoms. The zero-order valence-corrected chi connectivity index (χ0v) is 10.5. The van der Waals surface area contributed by atoms with E-state index in [1.54, 1.807) is 0 Å². The van der Waals surface area contributed by atoms with Gasteiger partial charge in [0.05, 0.1) is 5.56 Å². The van der Waals surface area contributed by atoms with Gasteiger partial charge in [-0.3, -0.25) is 0 Å². The number of hydrogen-bond donors (Lipinski definition) is 2. The number of rotatable bonds is 2. The van der Waals surface area contributed by atoms with Crippen LogP contribution < -0.4 is 0 Å². The fourth-order valence-electron chi connectivity index (χ4n) is 2.37. The first kappa shape index (κ1) is 11.5. The number of carboxylic acids is 1. The van der Waals surface area contributed by atoms with Gasteiger partial charge in [-0.15, -0.1) is 0 Å². The number of H-pyrrole nitrogens is 1. The monoisotopic (exact) mass is 251 g/mol. The molecule has 2 aromatic carbocycles. The van der Waals surface area contributed by atoms with Gasteiger partial charge >= 0.3 is 5.97 Å². The van der Waals surface area contributed by atoms with E-state index in [9.17, 15) is 4.79 Å². The van der Waals surface area contributed by atoms with Crippen LogP contribution in [-0.4, -0.2) is 16.1 Å². The first-order chi connectivity index (χ1) is 9.16. The molecule has 0 saturated heterocycles. The molecule has 3 nitrogen and oxygen atoms in total. The first-order valence-electron chi connectivity index (χ1n) is 6.07. The van der Waals surface area contributed by atoms with E-state index >= 15 is 0 Å². The molecule has 0 radical (unpaired) electrons. The maximum absolute atomic E-state index is 11.1. The van der Waals surface area contributed by atoms with Gasteiger partial charge in [-0.25, -0.2) is 4.79 Å². The van der Waals surface area contributed by atoms with E-state index in [0.717, 1.165) is 22.0 Å². The van der Waals surface area contributed by atoms with Gasteiger partial charge in [-0.1, -0.05) is 36.4 Å². The lowest BCUT2D eigenvalue weighted by Crippen LogP contribution is -1.93. The standard InChI is InChI=1S/C16H13NO2/c1-10-4-2-3-5-12(10)11-6-7-13-14(16(18)19)9-17-15(13)8-11/h2-9,17H,1H3,(H,18,19). The van der Waals surface area contributed by atoms with Crippen LogP contribution in [0.4, 0.5) is 0 Å². The van der Waals surface area contributed by atoms with Crippen LogP contribution in [0.3, 0.4) is 0 Å². The van der Waals surface area contributed by atoms with Gasteiger partial charge in [0.1, 0.15) is 0 Å². The second kappa shape index (κ2) is 4.28. The fourth-order valence-corrected chi connectivity index (χ4v) is 2.37. The van der Waals surface area contributed by atoms with Crippen LogP contribution in [0.15, 0.2) is 48.7 Å². The molecule has 0 aliphatic rings. The van der Waals surface area contributed by atoms with E-state index < -0.39 is 5.97 Å². The molecular formula is C16H13NO2. The summed E-state index contributed by atoms with van der Waals surface area (Å²) >= 11 is 0. The average Bonchev–Trinajstić information content (AvgIpc) is 2.82. The van der Waals surface area contributed by atoms with Crippen molar-refractivity contribution < 1.29 is 9.90 Å². The van der Waals surface area contributed by atoms with Crippen molar-refractivity contribution in [3.63, 3.8) is 0 Å². The Kier molecular flexibility index (Phi) is 2.60. The summed E-state index contributed by atoms with van der Waals surface area (Å²) in [5.41, 5.74) is 4.61. The number of fused-ring (bicyclic) bond motifs is 1. The molecule has 0 aliphatic heterocycles. The van der Waals surface area contributed by atoms with E-state index in [1.807, 2.05) is 30.3 Å². The lowest BCUT2D eigenvalue weighted by molar-refractivity contribution is 0.0699. The topological polar surface area (TPSA) is 53.1 Å². The van der Waals surface area contributed by atoms with Crippen LogP contribution in [0.25, 0.3) is 22.0 Å². The van der Waals surface area contributed by atoms with E-state index in [4.69, 9.17) is 5.11 Å². The van der Waals surface area contributed by atoms with Gasteiger partial charge in [0.15, 0.2) is 0 Å². The zero-order chi connectivity index (χ0) is 13.4. The molecule has 19 heavy (non-hydrogen) atoms. The number of aromatic amines is 1. The van der Waals surface area contributed by atoms with Gasteiger partial charge < -0.3 is 10.1 Å². The van der Waals surface area contributed by atoms with Crippen molar-refractivity contribution in [3.05, 3.63) is 59.8 Å². The van der Waals surface area contributed by atoms with Gasteiger partial charge in [-0.05, 0) is 29.7 Å². The van der Waals surface area contributed by atoms with Gasteiger partial charge in [-0.2, -0.15) is 0 Å². The Morgan fingerprint density at radius 1 is 1.16 bits per heavy atom. The molecule has 0 atom stereocenters. The van der Waals surface area contributed by atoms with Crippen molar-refractivity contribution in [3.8, 4) is 11.1 Å². The van der Waals surface area contributed by atoms with Crippen LogP contribution in [-0.2, 0) is 0 Å². The van der Waals surface area contributed by atoms with Crippen molar-refractivity contribution in [1.29, 1.82) is 0 Å². The largest absolute Gasteiger partial charge is 0.478 e. The zero-order valence-electron chi connectivity index (χ0n) is 10.5. The summed E-state index contributed by atoms with van der Waals surface area (Å²) < 4.78 is 0. The molecule has 1 heterocycles. The molecule has 0 aliphatic carbocycles. The Balaban J connectivity index is 2.18. The third-order valence-electron chi connectivity index (χ3n) is 3.37. The summed E-state index contributed by atoms with van der Waals surface area (Å²) in [6.07, 6.45) is 1.54. The number of aromatic carboxylic acids is 1. The van der Waals surface area contributed by atoms with E-state index in [-0.39, 0.29) is 0 Å². The van der Waals surface area contributed by atoms with Crippen LogP contribution in [0.5, 0.6) is 0 Å². The fraction of sp³-hybridized carbons (Fsp3) is 0.0625. The van der Waals surface area contributed by atoms with Crippen LogP contribution in [0.1, 0.15) is 15.9 Å². The molecule has 3 rings (SSSR count). The highest BCUT2D eigenvalue weighted by Gasteiger charge is 2.11. The average molecular weight is 251 g/mol. The SMILES string of the molecule is Cc1ccccc1-c1ccc2c(C(=O)O)c[nH]c2c1. The quantitative estimate of drug-likeness (QED) is 0.727. The molecular weight excluding hydrogens is 238 g/mol. The minimum absolute atomic E-state index is 0.311. The smallest absolute Gasteiger partial charge is 0.337 e. The lowest BCUT2D eigenvalue weighted by atomic mass is 9.99. The predicted molar refractivity (Wildman–Crippen MR) is 75.4 cm³/mol. The van der Waals surface area contributed by atoms with Crippen molar-refractivity contribution in [2.75, 3.05) is 0 Å². The molecule has 3 aromatic rings. The van der Waals surface area contributed by atoms with Gasteiger partial charge in [0.2, 0.25) is 0 Å². The van der Waals surface area contributed by atoms with E-state index in [2.05, 4.69) is 24.0 Å². The van der Waals surface area contributed by atoms with Crippen molar-refractivity contribution in [2.45, 2.75) is 6.92 Å². The Labute approximate surface area is 110 Å².